The van der Waals surface area contributed by atoms with Crippen LogP contribution in [0.3, 0.4) is 0 Å². The maximum atomic E-state index is 13.9. The van der Waals surface area contributed by atoms with Crippen molar-refractivity contribution in [2.45, 2.75) is 5.66 Å². The van der Waals surface area contributed by atoms with Crippen molar-refractivity contribution in [2.75, 3.05) is 6.54 Å². The summed E-state index contributed by atoms with van der Waals surface area (Å²) in [6.45, 7) is -0.666. The minimum Gasteiger partial charge on any atom is -0.415 e. The molecule has 0 amide bonds. The zero-order valence-electron chi connectivity index (χ0n) is 14.7. The fourth-order valence-electron chi connectivity index (χ4n) is 2.66. The summed E-state index contributed by atoms with van der Waals surface area (Å²) in [6.07, 6.45) is 0. The normalized spacial score (nSPS) is 12.2. The highest BCUT2D eigenvalue weighted by molar-refractivity contribution is 7.55. The lowest BCUT2D eigenvalue weighted by Gasteiger charge is -2.26. The molecule has 0 heterocycles. The van der Waals surface area contributed by atoms with Gasteiger partial charge in [-0.2, -0.15) is 0 Å². The zero-order valence-corrected chi connectivity index (χ0v) is 16.3. The van der Waals surface area contributed by atoms with Gasteiger partial charge in [0.25, 0.3) is 0 Å². The molecule has 1 unspecified atom stereocenters. The molecule has 0 radical (unpaired) electrons. The first-order valence-corrected chi connectivity index (χ1v) is 10.4. The molecule has 0 fully saturated rings. The summed E-state index contributed by atoms with van der Waals surface area (Å²) < 4.78 is 25.4. The summed E-state index contributed by atoms with van der Waals surface area (Å²) in [4.78, 5) is 10.8. The average Bonchev–Trinajstić information content (AvgIpc) is 2.68. The van der Waals surface area contributed by atoms with Crippen molar-refractivity contribution in [2.24, 2.45) is 0 Å². The summed E-state index contributed by atoms with van der Waals surface area (Å²) in [6, 6.07) is 23.4. The lowest BCUT2D eigenvalue weighted by Crippen LogP contribution is -2.19. The van der Waals surface area contributed by atoms with Crippen LogP contribution in [0.5, 0.6) is 11.5 Å². The summed E-state index contributed by atoms with van der Waals surface area (Å²) in [7, 11) is -4.10. The highest BCUT2D eigenvalue weighted by Crippen LogP contribution is 2.61. The van der Waals surface area contributed by atoms with E-state index in [0.29, 0.717) is 5.56 Å². The number of rotatable bonds is 8. The first-order chi connectivity index (χ1) is 13.5. The van der Waals surface area contributed by atoms with Gasteiger partial charge in [-0.1, -0.05) is 66.2 Å². The third kappa shape index (κ3) is 4.91. The van der Waals surface area contributed by atoms with Gasteiger partial charge in [-0.3, -0.25) is 10.1 Å². The molecular weight excluding hydrogens is 401 g/mol. The predicted molar refractivity (Wildman–Crippen MR) is 108 cm³/mol. The smallest absolute Gasteiger partial charge is 0.415 e. The highest BCUT2D eigenvalue weighted by Gasteiger charge is 2.45. The van der Waals surface area contributed by atoms with Gasteiger partial charge < -0.3 is 9.05 Å². The molecule has 3 aromatic carbocycles. The van der Waals surface area contributed by atoms with Crippen molar-refractivity contribution in [1.82, 2.24) is 0 Å². The number of hydrogen-bond acceptors (Lipinski definition) is 5. The molecule has 0 aliphatic carbocycles. The molecule has 0 saturated carbocycles. The molecule has 28 heavy (non-hydrogen) atoms. The quantitative estimate of drug-likeness (QED) is 0.255. The van der Waals surface area contributed by atoms with Gasteiger partial charge in [-0.25, -0.2) is 4.57 Å². The molecule has 1 atom stereocenters. The maximum Gasteiger partial charge on any atom is 0.444 e. The molecule has 0 spiro atoms. The Hall–Kier alpha value is -2.82. The Labute approximate surface area is 167 Å². The Morgan fingerprint density at radius 3 is 1.79 bits per heavy atom. The van der Waals surface area contributed by atoms with Crippen molar-refractivity contribution >= 4 is 19.2 Å². The average molecular weight is 418 g/mol. The van der Waals surface area contributed by atoms with E-state index >= 15 is 0 Å². The van der Waals surface area contributed by atoms with Gasteiger partial charge >= 0.3 is 7.60 Å². The largest absolute Gasteiger partial charge is 0.444 e. The van der Waals surface area contributed by atoms with Gasteiger partial charge in [0, 0.05) is 9.95 Å². The zero-order chi connectivity index (χ0) is 20.0. The lowest BCUT2D eigenvalue weighted by atomic mass is 10.1. The summed E-state index contributed by atoms with van der Waals surface area (Å²) in [5.41, 5.74) is -0.868. The number of hydrogen-bond donors (Lipinski definition) is 0. The van der Waals surface area contributed by atoms with Crippen molar-refractivity contribution in [3.8, 4) is 11.5 Å². The van der Waals surface area contributed by atoms with Gasteiger partial charge in [0.15, 0.2) is 5.66 Å². The molecule has 0 N–H and O–H groups in total. The van der Waals surface area contributed by atoms with Crippen molar-refractivity contribution in [3.63, 3.8) is 0 Å². The first-order valence-electron chi connectivity index (χ1n) is 8.43. The Bertz CT molecular complexity index is 939. The SMILES string of the molecule is O=[N+]([O-])CC(c1ccccc1Cl)P(=O)(Oc1ccccc1)Oc1ccccc1. The molecule has 0 aliphatic rings. The van der Waals surface area contributed by atoms with Crippen LogP contribution in [-0.2, 0) is 4.57 Å². The predicted octanol–water partition coefficient (Wildman–Crippen LogP) is 6.01. The molecule has 144 valence electrons. The van der Waals surface area contributed by atoms with Gasteiger partial charge in [-0.15, -0.1) is 0 Å². The first kappa shape index (κ1) is 19.9. The van der Waals surface area contributed by atoms with Crippen LogP contribution in [0.4, 0.5) is 0 Å². The molecule has 3 rings (SSSR count). The number of nitro groups is 1. The van der Waals surface area contributed by atoms with Crippen LogP contribution in [0.25, 0.3) is 0 Å². The van der Waals surface area contributed by atoms with E-state index in [1.165, 1.54) is 0 Å². The molecule has 0 aromatic heterocycles. The van der Waals surface area contributed by atoms with Crippen LogP contribution < -0.4 is 9.05 Å². The molecule has 6 nitrogen and oxygen atoms in total. The Morgan fingerprint density at radius 1 is 0.857 bits per heavy atom. The number of nitrogens with zero attached hydrogens (tertiary/aromatic N) is 1. The third-order valence-electron chi connectivity index (χ3n) is 3.92. The molecule has 3 aromatic rings. The Kier molecular flexibility index (Phi) is 6.34. The van der Waals surface area contributed by atoms with Crippen molar-refractivity contribution in [1.29, 1.82) is 0 Å². The minimum absolute atomic E-state index is 0.253. The Morgan fingerprint density at radius 2 is 1.32 bits per heavy atom. The summed E-state index contributed by atoms with van der Waals surface area (Å²) in [5, 5.41) is 11.6. The van der Waals surface area contributed by atoms with Crippen LogP contribution in [0, 0.1) is 10.1 Å². The molecule has 8 heteroatoms. The van der Waals surface area contributed by atoms with Crippen molar-refractivity contribution in [3.05, 3.63) is 106 Å². The number of benzene rings is 3. The van der Waals surface area contributed by atoms with E-state index in [0.717, 1.165) is 0 Å². The van der Waals surface area contributed by atoms with E-state index < -0.39 is 24.7 Å². The van der Waals surface area contributed by atoms with E-state index in [-0.39, 0.29) is 16.5 Å². The van der Waals surface area contributed by atoms with Crippen molar-refractivity contribution < 1.29 is 18.5 Å². The Balaban J connectivity index is 2.09. The van der Waals surface area contributed by atoms with E-state index in [4.69, 9.17) is 20.6 Å². The third-order valence-corrected chi connectivity index (χ3v) is 6.40. The molecule has 0 aliphatic heterocycles. The van der Waals surface area contributed by atoms with Gasteiger partial charge in [0.1, 0.15) is 11.5 Å². The van der Waals surface area contributed by atoms with E-state index in [1.54, 1.807) is 84.9 Å². The van der Waals surface area contributed by atoms with E-state index in [2.05, 4.69) is 0 Å². The summed E-state index contributed by atoms with van der Waals surface area (Å²) >= 11 is 6.26. The fraction of sp³-hybridized carbons (Fsp3) is 0.100. The monoisotopic (exact) mass is 417 g/mol. The van der Waals surface area contributed by atoms with E-state index in [9.17, 15) is 14.7 Å². The highest BCUT2D eigenvalue weighted by atomic mass is 35.5. The topological polar surface area (TPSA) is 78.7 Å². The second kappa shape index (κ2) is 8.91. The van der Waals surface area contributed by atoms with Crippen LogP contribution in [0.1, 0.15) is 11.2 Å². The molecule has 0 saturated heterocycles. The van der Waals surface area contributed by atoms with Crippen LogP contribution in [0.2, 0.25) is 5.02 Å². The van der Waals surface area contributed by atoms with Gasteiger partial charge in [0.05, 0.1) is 0 Å². The van der Waals surface area contributed by atoms with Crippen LogP contribution in [0.15, 0.2) is 84.9 Å². The minimum atomic E-state index is -4.10. The van der Waals surface area contributed by atoms with E-state index in [1.807, 2.05) is 0 Å². The standard InChI is InChI=1S/C20H17ClNO5P/c21-19-14-8-7-13-18(19)20(15-22(23)24)28(25,26-16-9-3-1-4-10-16)27-17-11-5-2-6-12-17/h1-14,20H,15H2. The van der Waals surface area contributed by atoms with Gasteiger partial charge in [-0.05, 0) is 35.9 Å². The van der Waals surface area contributed by atoms with Gasteiger partial charge in [0.2, 0.25) is 6.54 Å². The molecular formula is C20H17ClNO5P. The second-order valence-electron chi connectivity index (χ2n) is 5.90. The van der Waals surface area contributed by atoms with Crippen LogP contribution in [-0.4, -0.2) is 11.5 Å². The lowest BCUT2D eigenvalue weighted by molar-refractivity contribution is -0.480. The molecule has 0 bridgehead atoms. The number of para-hydroxylation sites is 2. The maximum absolute atomic E-state index is 13.9. The fourth-order valence-corrected chi connectivity index (χ4v) is 5.02. The number of halogens is 1. The van der Waals surface area contributed by atoms with Crippen LogP contribution >= 0.6 is 19.2 Å². The summed E-state index contributed by atoms with van der Waals surface area (Å²) in [5.74, 6) is 0.560. The second-order valence-corrected chi connectivity index (χ2v) is 8.38.